The van der Waals surface area contributed by atoms with Crippen molar-refractivity contribution < 1.29 is 19.4 Å². The van der Waals surface area contributed by atoms with E-state index in [2.05, 4.69) is 9.97 Å². The lowest BCUT2D eigenvalue weighted by Crippen LogP contribution is -2.15. The van der Waals surface area contributed by atoms with E-state index in [0.29, 0.717) is 23.6 Å². The molecule has 0 saturated carbocycles. The number of nitrogens with one attached hydrogen (secondary N) is 1. The summed E-state index contributed by atoms with van der Waals surface area (Å²) in [7, 11) is 0. The van der Waals surface area contributed by atoms with Gasteiger partial charge in [-0.05, 0) is 46.7 Å². The van der Waals surface area contributed by atoms with Gasteiger partial charge < -0.3 is 24.9 Å². The zero-order valence-electron chi connectivity index (χ0n) is 19.2. The Hall–Kier alpha value is -4.76. The Balaban J connectivity index is 1.65. The first-order valence-electron chi connectivity index (χ1n) is 11.3. The second-order valence-electron chi connectivity index (χ2n) is 8.10. The van der Waals surface area contributed by atoms with E-state index >= 15 is 0 Å². The molecule has 3 aromatic carbocycles. The number of ether oxygens (including phenoxy) is 2. The summed E-state index contributed by atoms with van der Waals surface area (Å²) < 4.78 is 13.0. The Morgan fingerprint density at radius 2 is 1.81 bits per heavy atom. The predicted molar refractivity (Wildman–Crippen MR) is 135 cm³/mol. The number of aromatic nitrogens is 3. The number of nitrogen functional groups attached to an aromatic ring is 1. The number of fused-ring (bicyclic) bond motifs is 2. The number of benzene rings is 3. The van der Waals surface area contributed by atoms with Gasteiger partial charge in [-0.2, -0.15) is 0 Å². The van der Waals surface area contributed by atoms with E-state index in [1.807, 2.05) is 47.0 Å². The number of hydrogen-bond acceptors (Lipinski definition) is 7. The van der Waals surface area contributed by atoms with Crippen LogP contribution < -0.4 is 10.5 Å². The van der Waals surface area contributed by atoms with Crippen LogP contribution in [0.4, 0.5) is 0 Å². The second-order valence-corrected chi connectivity index (χ2v) is 8.10. The van der Waals surface area contributed by atoms with Gasteiger partial charge in [-0.3, -0.25) is 5.41 Å². The van der Waals surface area contributed by atoms with Crippen molar-refractivity contribution in [3.63, 3.8) is 0 Å². The van der Waals surface area contributed by atoms with E-state index < -0.39 is 5.97 Å². The molecule has 0 amide bonds. The van der Waals surface area contributed by atoms with Crippen LogP contribution in [0.3, 0.4) is 0 Å². The van der Waals surface area contributed by atoms with E-state index in [0.717, 1.165) is 27.2 Å². The highest BCUT2D eigenvalue weighted by atomic mass is 16.5. The molecule has 9 heteroatoms. The van der Waals surface area contributed by atoms with Gasteiger partial charge in [0, 0.05) is 35.4 Å². The predicted octanol–water partition coefficient (Wildman–Crippen LogP) is 3.86. The Morgan fingerprint density at radius 3 is 2.58 bits per heavy atom. The zero-order valence-corrected chi connectivity index (χ0v) is 19.2. The standard InChI is InChI=1S/C27H23N5O4/c28-25(29)19-7-6-18-14-24(26(34)35-11-10-33)32(23(18)15-19)16-20-13-21(36-27-30-8-3-9-31-27)12-17-4-1-2-5-22(17)20/h1-9,12-15,33H,10-11,16H2,(H3,28,29). The molecule has 0 bridgehead atoms. The fraction of sp³-hybridized carbons (Fsp3) is 0.111. The third-order valence-electron chi connectivity index (χ3n) is 5.75. The van der Waals surface area contributed by atoms with Gasteiger partial charge in [0.25, 0.3) is 0 Å². The Kier molecular flexibility index (Phi) is 6.29. The molecule has 0 fully saturated rings. The van der Waals surface area contributed by atoms with Gasteiger partial charge in [0.05, 0.1) is 6.61 Å². The summed E-state index contributed by atoms with van der Waals surface area (Å²) in [5, 5.41) is 19.7. The van der Waals surface area contributed by atoms with Crippen molar-refractivity contribution in [1.29, 1.82) is 5.41 Å². The number of carbonyl (C=O) groups is 1. The van der Waals surface area contributed by atoms with Crippen LogP contribution in [0.5, 0.6) is 11.8 Å². The molecule has 4 N–H and O–H groups in total. The van der Waals surface area contributed by atoms with Crippen LogP contribution in [0.15, 0.2) is 79.1 Å². The molecule has 0 atom stereocenters. The van der Waals surface area contributed by atoms with Gasteiger partial charge in [0.1, 0.15) is 23.9 Å². The van der Waals surface area contributed by atoms with Crippen molar-refractivity contribution in [2.24, 2.45) is 5.73 Å². The number of hydrogen-bond donors (Lipinski definition) is 3. The van der Waals surface area contributed by atoms with Crippen LogP contribution in [0.2, 0.25) is 0 Å². The lowest BCUT2D eigenvalue weighted by Gasteiger charge is -2.15. The first kappa shape index (κ1) is 23.0. The first-order valence-corrected chi connectivity index (χ1v) is 11.3. The molecule has 2 aromatic heterocycles. The fourth-order valence-corrected chi connectivity index (χ4v) is 4.14. The molecule has 0 saturated heterocycles. The van der Waals surface area contributed by atoms with Crippen LogP contribution in [-0.4, -0.2) is 44.7 Å². The molecule has 0 unspecified atom stereocenters. The van der Waals surface area contributed by atoms with Crippen LogP contribution in [0.1, 0.15) is 21.6 Å². The molecule has 5 aromatic rings. The lowest BCUT2D eigenvalue weighted by atomic mass is 10.0. The first-order chi connectivity index (χ1) is 17.5. The molecular formula is C27H23N5O4. The van der Waals surface area contributed by atoms with Crippen molar-refractivity contribution in [3.8, 4) is 11.8 Å². The molecule has 0 aliphatic rings. The number of carbonyl (C=O) groups excluding carboxylic acids is 1. The normalized spacial score (nSPS) is 11.0. The molecule has 0 aliphatic carbocycles. The van der Waals surface area contributed by atoms with Gasteiger partial charge in [-0.25, -0.2) is 14.8 Å². The summed E-state index contributed by atoms with van der Waals surface area (Å²) >= 11 is 0. The Bertz CT molecular complexity index is 1580. The number of aliphatic hydroxyl groups excluding tert-OH is 1. The molecular weight excluding hydrogens is 458 g/mol. The monoisotopic (exact) mass is 481 g/mol. The Morgan fingerprint density at radius 1 is 1.00 bits per heavy atom. The molecule has 5 rings (SSSR count). The summed E-state index contributed by atoms with van der Waals surface area (Å²) in [6, 6.07) is 20.7. The topological polar surface area (TPSA) is 136 Å². The molecule has 0 radical (unpaired) electrons. The van der Waals surface area contributed by atoms with Crippen molar-refractivity contribution in [2.75, 3.05) is 13.2 Å². The Labute approximate surface area is 206 Å². The zero-order chi connectivity index (χ0) is 25.1. The van der Waals surface area contributed by atoms with E-state index in [1.54, 1.807) is 36.7 Å². The average molecular weight is 482 g/mol. The van der Waals surface area contributed by atoms with Crippen molar-refractivity contribution in [2.45, 2.75) is 6.54 Å². The quantitative estimate of drug-likeness (QED) is 0.174. The maximum atomic E-state index is 12.9. The van der Waals surface area contributed by atoms with Crippen LogP contribution in [0, 0.1) is 5.41 Å². The number of aliphatic hydroxyl groups is 1. The minimum Gasteiger partial charge on any atom is -0.459 e. The maximum Gasteiger partial charge on any atom is 0.355 e. The summed E-state index contributed by atoms with van der Waals surface area (Å²) in [5.41, 5.74) is 8.21. The van der Waals surface area contributed by atoms with Gasteiger partial charge >= 0.3 is 12.0 Å². The molecule has 9 nitrogen and oxygen atoms in total. The van der Waals surface area contributed by atoms with Crippen molar-refractivity contribution in [1.82, 2.24) is 14.5 Å². The minimum absolute atomic E-state index is 0.0715. The van der Waals surface area contributed by atoms with E-state index in [1.165, 1.54) is 0 Å². The third-order valence-corrected chi connectivity index (χ3v) is 5.75. The summed E-state index contributed by atoms with van der Waals surface area (Å²) in [4.78, 5) is 21.2. The number of nitrogens with two attached hydrogens (primary N) is 1. The highest BCUT2D eigenvalue weighted by Gasteiger charge is 2.19. The smallest absolute Gasteiger partial charge is 0.355 e. The van der Waals surface area contributed by atoms with Gasteiger partial charge in [-0.15, -0.1) is 0 Å². The fourth-order valence-electron chi connectivity index (χ4n) is 4.14. The van der Waals surface area contributed by atoms with Gasteiger partial charge in [-0.1, -0.05) is 36.4 Å². The summed E-state index contributed by atoms with van der Waals surface area (Å²) in [5.74, 6) is -0.0722. The minimum atomic E-state index is -0.556. The number of nitrogens with zero attached hydrogens (tertiary/aromatic N) is 3. The third kappa shape index (κ3) is 4.59. The van der Waals surface area contributed by atoms with Crippen LogP contribution in [-0.2, 0) is 11.3 Å². The highest BCUT2D eigenvalue weighted by Crippen LogP contribution is 2.30. The summed E-state index contributed by atoms with van der Waals surface area (Å²) in [6.07, 6.45) is 3.21. The summed E-state index contributed by atoms with van der Waals surface area (Å²) in [6.45, 7) is -0.0732. The van der Waals surface area contributed by atoms with E-state index in [9.17, 15) is 4.79 Å². The number of rotatable bonds is 8. The molecule has 180 valence electrons. The van der Waals surface area contributed by atoms with E-state index in [4.69, 9.17) is 25.7 Å². The lowest BCUT2D eigenvalue weighted by molar-refractivity contribution is 0.0422. The SMILES string of the molecule is N=C(N)c1ccc2cc(C(=O)OCCO)n(Cc3cc(Oc4ncccn4)cc4ccccc34)c2c1. The highest BCUT2D eigenvalue weighted by molar-refractivity contribution is 6.01. The largest absolute Gasteiger partial charge is 0.459 e. The molecule has 0 aliphatic heterocycles. The molecule has 2 heterocycles. The number of amidine groups is 1. The maximum absolute atomic E-state index is 12.9. The second kappa shape index (κ2) is 9.85. The number of esters is 1. The van der Waals surface area contributed by atoms with Crippen LogP contribution >= 0.6 is 0 Å². The average Bonchev–Trinajstić information content (AvgIpc) is 3.25. The molecule has 36 heavy (non-hydrogen) atoms. The van der Waals surface area contributed by atoms with E-state index in [-0.39, 0.29) is 25.1 Å². The van der Waals surface area contributed by atoms with Crippen molar-refractivity contribution >= 4 is 33.5 Å². The van der Waals surface area contributed by atoms with Gasteiger partial charge in [0.2, 0.25) is 0 Å². The van der Waals surface area contributed by atoms with Crippen LogP contribution in [0.25, 0.3) is 21.7 Å². The van der Waals surface area contributed by atoms with Crippen molar-refractivity contribution in [3.05, 3.63) is 95.9 Å². The molecule has 0 spiro atoms. The van der Waals surface area contributed by atoms with Gasteiger partial charge in [0.15, 0.2) is 0 Å².